The Bertz CT molecular complexity index is 586. The molecule has 2 rings (SSSR count). The summed E-state index contributed by atoms with van der Waals surface area (Å²) in [6, 6.07) is 7.50. The summed E-state index contributed by atoms with van der Waals surface area (Å²) in [7, 11) is -1.04. The van der Waals surface area contributed by atoms with Crippen molar-refractivity contribution in [2.24, 2.45) is 11.1 Å². The molecule has 4 nitrogen and oxygen atoms in total. The van der Waals surface area contributed by atoms with E-state index < -0.39 is 10.8 Å². The van der Waals surface area contributed by atoms with Gasteiger partial charge in [0.2, 0.25) is 0 Å². The predicted octanol–water partition coefficient (Wildman–Crippen LogP) is 2.78. The van der Waals surface area contributed by atoms with Crippen LogP contribution in [0.4, 0.5) is 0 Å². The zero-order chi connectivity index (χ0) is 14.5. The van der Waals surface area contributed by atoms with Crippen molar-refractivity contribution in [2.75, 3.05) is 12.4 Å². The van der Waals surface area contributed by atoms with E-state index in [0.717, 1.165) is 10.5 Å². The highest BCUT2D eigenvalue weighted by atomic mass is 32.2. The molecule has 0 heterocycles. The third kappa shape index (κ3) is 3.67. The lowest BCUT2D eigenvalue weighted by atomic mass is 10.1. The van der Waals surface area contributed by atoms with E-state index in [9.17, 15) is 9.47 Å². The van der Waals surface area contributed by atoms with Gasteiger partial charge in [-0.1, -0.05) is 24.2 Å². The first-order valence-corrected chi connectivity index (χ1v) is 8.07. The van der Waals surface area contributed by atoms with Crippen LogP contribution in [0.1, 0.15) is 30.9 Å². The van der Waals surface area contributed by atoms with Crippen molar-refractivity contribution in [3.05, 3.63) is 29.3 Å². The molecule has 20 heavy (non-hydrogen) atoms. The molecular formula is C15H18N2O2S. The Morgan fingerprint density at radius 2 is 2.30 bits per heavy atom. The normalized spacial score (nSPS) is 16.6. The minimum absolute atomic E-state index is 0.236. The largest absolute Gasteiger partial charge is 0.394 e. The summed E-state index contributed by atoms with van der Waals surface area (Å²) in [5, 5.41) is 13.1. The highest BCUT2D eigenvalue weighted by Gasteiger charge is 2.22. The Balaban J connectivity index is 2.20. The van der Waals surface area contributed by atoms with Crippen molar-refractivity contribution < 1.29 is 9.05 Å². The number of nitriles is 1. The van der Waals surface area contributed by atoms with E-state index in [4.69, 9.17) is 4.84 Å². The first-order chi connectivity index (χ1) is 9.65. The van der Waals surface area contributed by atoms with Gasteiger partial charge in [0, 0.05) is 16.2 Å². The molecular weight excluding hydrogens is 272 g/mol. The molecule has 1 unspecified atom stereocenters. The third-order valence-electron chi connectivity index (χ3n) is 3.24. The van der Waals surface area contributed by atoms with Crippen LogP contribution in [0.25, 0.3) is 0 Å². The van der Waals surface area contributed by atoms with Crippen molar-refractivity contribution >= 4 is 16.5 Å². The van der Waals surface area contributed by atoms with Gasteiger partial charge in [0.15, 0.2) is 5.71 Å². The summed E-state index contributed by atoms with van der Waals surface area (Å²) in [6.45, 7) is 4.37. The molecule has 1 aromatic carbocycles. The number of nitrogens with zero attached hydrogens (tertiary/aromatic N) is 2. The van der Waals surface area contributed by atoms with Gasteiger partial charge in [0.1, 0.15) is 12.7 Å². The summed E-state index contributed by atoms with van der Waals surface area (Å²) < 4.78 is 12.0. The molecule has 0 N–H and O–H groups in total. The number of oxime groups is 1. The zero-order valence-electron chi connectivity index (χ0n) is 11.8. The van der Waals surface area contributed by atoms with Crippen LogP contribution in [0.5, 0.6) is 0 Å². The maximum absolute atomic E-state index is 12.0. The second kappa shape index (κ2) is 6.67. The lowest BCUT2D eigenvalue weighted by Crippen LogP contribution is -2.04. The summed E-state index contributed by atoms with van der Waals surface area (Å²) in [5.74, 6) is 1.15. The van der Waals surface area contributed by atoms with Crippen LogP contribution in [0.2, 0.25) is 0 Å². The quantitative estimate of drug-likeness (QED) is 0.598. The van der Waals surface area contributed by atoms with E-state index in [1.54, 1.807) is 6.07 Å². The van der Waals surface area contributed by atoms with E-state index in [1.807, 2.05) is 32.0 Å². The van der Waals surface area contributed by atoms with Gasteiger partial charge < -0.3 is 4.84 Å². The van der Waals surface area contributed by atoms with E-state index in [0.29, 0.717) is 23.8 Å². The Hall–Kier alpha value is -1.67. The Morgan fingerprint density at radius 1 is 1.55 bits per heavy atom. The first kappa shape index (κ1) is 14.7. The van der Waals surface area contributed by atoms with Crippen LogP contribution >= 0.6 is 0 Å². The van der Waals surface area contributed by atoms with E-state index in [-0.39, 0.29) is 5.71 Å². The maximum Gasteiger partial charge on any atom is 0.186 e. The summed E-state index contributed by atoms with van der Waals surface area (Å²) in [5.41, 5.74) is 1.86. The van der Waals surface area contributed by atoms with Crippen molar-refractivity contribution in [1.29, 1.82) is 5.26 Å². The molecule has 1 aromatic rings. The van der Waals surface area contributed by atoms with Gasteiger partial charge in [0.25, 0.3) is 0 Å². The van der Waals surface area contributed by atoms with Gasteiger partial charge in [-0.2, -0.15) is 5.26 Å². The Labute approximate surface area is 121 Å². The maximum atomic E-state index is 12.0. The Morgan fingerprint density at radius 3 is 2.90 bits per heavy atom. The molecule has 0 radical (unpaired) electrons. The van der Waals surface area contributed by atoms with Crippen molar-refractivity contribution in [1.82, 2.24) is 0 Å². The van der Waals surface area contributed by atoms with Gasteiger partial charge >= 0.3 is 0 Å². The molecule has 0 spiro atoms. The molecule has 0 amide bonds. The fourth-order valence-corrected chi connectivity index (χ4v) is 2.77. The van der Waals surface area contributed by atoms with Gasteiger partial charge in [0.05, 0.1) is 10.8 Å². The van der Waals surface area contributed by atoms with Crippen molar-refractivity contribution in [3.63, 3.8) is 0 Å². The second-order valence-electron chi connectivity index (χ2n) is 4.91. The van der Waals surface area contributed by atoms with Crippen LogP contribution in [0.3, 0.4) is 0 Å². The first-order valence-electron chi connectivity index (χ1n) is 6.75. The molecule has 1 aliphatic rings. The molecule has 0 bridgehead atoms. The average Bonchev–Trinajstić information content (AvgIpc) is 3.28. The molecule has 1 aliphatic carbocycles. The fraction of sp³-hybridized carbons (Fsp3) is 0.467. The predicted molar refractivity (Wildman–Crippen MR) is 79.0 cm³/mol. The standard InChI is InChI=1S/C15H18N2O2S/c1-3-20(18)15-8-13(7-4-11(15)2)14(9-16)17-19-10-12-5-6-12/h4,7-8,12H,3,5-6,10H2,1-2H3/b17-14+. The molecule has 1 saturated carbocycles. The van der Waals surface area contributed by atoms with E-state index in [1.165, 1.54) is 12.8 Å². The topological polar surface area (TPSA) is 62.5 Å². The average molecular weight is 290 g/mol. The smallest absolute Gasteiger partial charge is 0.186 e. The second-order valence-corrected chi connectivity index (χ2v) is 6.61. The highest BCUT2D eigenvalue weighted by molar-refractivity contribution is 7.85. The molecule has 106 valence electrons. The Kier molecular flexibility index (Phi) is 4.91. The van der Waals surface area contributed by atoms with Crippen LogP contribution in [0.15, 0.2) is 28.3 Å². The number of hydrogen-bond acceptors (Lipinski definition) is 4. The number of aryl methyl sites for hydroxylation is 1. The lowest BCUT2D eigenvalue weighted by Gasteiger charge is -2.06. The van der Waals surface area contributed by atoms with Crippen molar-refractivity contribution in [3.8, 4) is 6.07 Å². The molecule has 1 atom stereocenters. The molecule has 0 saturated heterocycles. The van der Waals surface area contributed by atoms with Crippen LogP contribution in [0, 0.1) is 24.2 Å². The lowest BCUT2D eigenvalue weighted by molar-refractivity contribution is 0.134. The van der Waals surface area contributed by atoms with E-state index >= 15 is 0 Å². The van der Waals surface area contributed by atoms with Gasteiger partial charge in [-0.25, -0.2) is 0 Å². The molecule has 0 aliphatic heterocycles. The van der Waals surface area contributed by atoms with Gasteiger partial charge in [-0.15, -0.1) is 0 Å². The fourth-order valence-electron chi connectivity index (χ4n) is 1.78. The summed E-state index contributed by atoms with van der Waals surface area (Å²) in [6.07, 6.45) is 2.36. The van der Waals surface area contributed by atoms with Crippen molar-refractivity contribution in [2.45, 2.75) is 31.6 Å². The zero-order valence-corrected chi connectivity index (χ0v) is 12.6. The number of hydrogen-bond donors (Lipinski definition) is 0. The monoisotopic (exact) mass is 290 g/mol. The van der Waals surface area contributed by atoms with Crippen LogP contribution < -0.4 is 0 Å². The molecule has 5 heteroatoms. The highest BCUT2D eigenvalue weighted by Crippen LogP contribution is 2.28. The SMILES string of the molecule is CCS(=O)c1cc(/C(C#N)=N/OCC2CC2)ccc1C. The van der Waals surface area contributed by atoms with Gasteiger partial charge in [-0.05, 0) is 37.3 Å². The number of benzene rings is 1. The summed E-state index contributed by atoms with van der Waals surface area (Å²) in [4.78, 5) is 5.97. The number of rotatable bonds is 6. The van der Waals surface area contributed by atoms with Crippen LogP contribution in [-0.4, -0.2) is 22.3 Å². The third-order valence-corrected chi connectivity index (χ3v) is 4.69. The molecule has 0 aromatic heterocycles. The molecule has 1 fully saturated rings. The minimum Gasteiger partial charge on any atom is -0.394 e. The van der Waals surface area contributed by atoms with E-state index in [2.05, 4.69) is 5.16 Å². The van der Waals surface area contributed by atoms with Gasteiger partial charge in [-0.3, -0.25) is 4.21 Å². The van der Waals surface area contributed by atoms with Crippen LogP contribution in [-0.2, 0) is 15.6 Å². The summed E-state index contributed by atoms with van der Waals surface area (Å²) >= 11 is 0. The minimum atomic E-state index is -1.04.